The van der Waals surface area contributed by atoms with Crippen molar-refractivity contribution in [2.24, 2.45) is 13.0 Å². The Labute approximate surface area is 126 Å². The van der Waals surface area contributed by atoms with Gasteiger partial charge in [-0.2, -0.15) is 5.10 Å². The van der Waals surface area contributed by atoms with Gasteiger partial charge in [0.2, 0.25) is 5.91 Å². The van der Waals surface area contributed by atoms with E-state index in [1.807, 2.05) is 24.3 Å². The molecule has 0 aliphatic heterocycles. The summed E-state index contributed by atoms with van der Waals surface area (Å²) in [6.07, 6.45) is 0.840. The first-order valence-electron chi connectivity index (χ1n) is 6.69. The minimum absolute atomic E-state index is 0.00889. The van der Waals surface area contributed by atoms with Gasteiger partial charge in [-0.25, -0.2) is 9.89 Å². The van der Waals surface area contributed by atoms with Crippen LogP contribution in [0.1, 0.15) is 23.7 Å². The monoisotopic (exact) mass is 306 g/mol. The Morgan fingerprint density at radius 1 is 1.48 bits per heavy atom. The molecule has 2 N–H and O–H groups in total. The third-order valence-electron chi connectivity index (χ3n) is 3.82. The van der Waals surface area contributed by atoms with Gasteiger partial charge in [0.1, 0.15) is 0 Å². The number of amides is 1. The molecule has 7 heteroatoms. The molecule has 0 radical (unpaired) electrons. The second-order valence-electron chi connectivity index (χ2n) is 5.22. The molecule has 2 aromatic rings. The summed E-state index contributed by atoms with van der Waals surface area (Å²) in [4.78, 5) is 23.3. The predicted octanol–water partition coefficient (Wildman–Crippen LogP) is 1.18. The molecule has 1 aromatic carbocycles. The van der Waals surface area contributed by atoms with Gasteiger partial charge >= 0.3 is 5.69 Å². The lowest BCUT2D eigenvalue weighted by Gasteiger charge is -2.04. The highest BCUT2D eigenvalue weighted by Crippen LogP contribution is 2.47. The van der Waals surface area contributed by atoms with Crippen LogP contribution in [0.3, 0.4) is 0 Å². The molecule has 6 nitrogen and oxygen atoms in total. The molecule has 3 rings (SSSR count). The Bertz CT molecular complexity index is 719. The van der Waals surface area contributed by atoms with E-state index in [-0.39, 0.29) is 30.0 Å². The van der Waals surface area contributed by atoms with Crippen molar-refractivity contribution < 1.29 is 4.79 Å². The van der Waals surface area contributed by atoms with E-state index in [0.717, 1.165) is 12.0 Å². The second kappa shape index (κ2) is 5.37. The maximum atomic E-state index is 12.1. The summed E-state index contributed by atoms with van der Waals surface area (Å²) in [5, 5.41) is 9.70. The zero-order chi connectivity index (χ0) is 15.0. The number of rotatable bonds is 4. The highest BCUT2D eigenvalue weighted by Gasteiger charge is 2.43. The van der Waals surface area contributed by atoms with E-state index in [0.29, 0.717) is 10.8 Å². The molecule has 0 bridgehead atoms. The van der Waals surface area contributed by atoms with E-state index in [1.165, 1.54) is 4.57 Å². The minimum Gasteiger partial charge on any atom is -0.349 e. The van der Waals surface area contributed by atoms with Gasteiger partial charge in [-0.15, -0.1) is 0 Å². The van der Waals surface area contributed by atoms with Crippen LogP contribution in [0, 0.1) is 5.92 Å². The third kappa shape index (κ3) is 2.85. The molecule has 1 aliphatic rings. The van der Waals surface area contributed by atoms with Crippen molar-refractivity contribution in [3.05, 3.63) is 51.2 Å². The quantitative estimate of drug-likeness (QED) is 0.890. The molecule has 1 heterocycles. The average molecular weight is 307 g/mol. The number of nitrogens with one attached hydrogen (secondary N) is 2. The lowest BCUT2D eigenvalue weighted by atomic mass is 10.1. The van der Waals surface area contributed by atoms with Crippen molar-refractivity contribution in [3.63, 3.8) is 0 Å². The van der Waals surface area contributed by atoms with Gasteiger partial charge in [0.05, 0.1) is 6.54 Å². The van der Waals surface area contributed by atoms with E-state index in [2.05, 4.69) is 15.5 Å². The van der Waals surface area contributed by atoms with Crippen molar-refractivity contribution in [1.29, 1.82) is 0 Å². The molecule has 0 saturated heterocycles. The summed E-state index contributed by atoms with van der Waals surface area (Å²) in [6, 6.07) is 7.59. The van der Waals surface area contributed by atoms with E-state index < -0.39 is 0 Å². The van der Waals surface area contributed by atoms with Crippen LogP contribution in [-0.2, 0) is 18.4 Å². The van der Waals surface area contributed by atoms with Crippen LogP contribution in [-0.4, -0.2) is 20.7 Å². The van der Waals surface area contributed by atoms with E-state index in [1.54, 1.807) is 7.05 Å². The molecular formula is C14H15ClN4O2. The smallest absolute Gasteiger partial charge is 0.343 e. The summed E-state index contributed by atoms with van der Waals surface area (Å²) in [6.45, 7) is 0.248. The van der Waals surface area contributed by atoms with Crippen molar-refractivity contribution in [1.82, 2.24) is 20.1 Å². The number of hydrogen-bond donors (Lipinski definition) is 2. The van der Waals surface area contributed by atoms with Crippen LogP contribution < -0.4 is 11.0 Å². The number of H-pyrrole nitrogens is 1. The highest BCUT2D eigenvalue weighted by molar-refractivity contribution is 6.30. The van der Waals surface area contributed by atoms with Gasteiger partial charge in [0, 0.05) is 18.0 Å². The first kappa shape index (κ1) is 13.9. The maximum Gasteiger partial charge on any atom is 0.343 e. The fraction of sp³-hybridized carbons (Fsp3) is 0.357. The van der Waals surface area contributed by atoms with Gasteiger partial charge < -0.3 is 5.32 Å². The van der Waals surface area contributed by atoms with E-state index >= 15 is 0 Å². The van der Waals surface area contributed by atoms with Gasteiger partial charge in [-0.3, -0.25) is 9.36 Å². The summed E-state index contributed by atoms with van der Waals surface area (Å²) < 4.78 is 1.38. The first-order valence-corrected chi connectivity index (χ1v) is 7.07. The van der Waals surface area contributed by atoms with Crippen LogP contribution in [0.5, 0.6) is 0 Å². The molecule has 1 aromatic heterocycles. The van der Waals surface area contributed by atoms with Crippen molar-refractivity contribution in [3.8, 4) is 0 Å². The number of aromatic amines is 1. The average Bonchev–Trinajstić information content (AvgIpc) is 3.21. The topological polar surface area (TPSA) is 79.8 Å². The zero-order valence-corrected chi connectivity index (χ0v) is 12.2. The SMILES string of the molecule is Cn1c(CNC(=O)[C@@H]2C[C@H]2c2ccc(Cl)cc2)n[nH]c1=O. The molecule has 1 saturated carbocycles. The summed E-state index contributed by atoms with van der Waals surface area (Å²) in [5.41, 5.74) is 0.844. The van der Waals surface area contributed by atoms with Crippen LogP contribution in [0.25, 0.3) is 0 Å². The van der Waals surface area contributed by atoms with Crippen LogP contribution in [0.4, 0.5) is 0 Å². The first-order chi connectivity index (χ1) is 10.1. The molecule has 0 spiro atoms. The largest absolute Gasteiger partial charge is 0.349 e. The van der Waals surface area contributed by atoms with Crippen molar-refractivity contribution >= 4 is 17.5 Å². The van der Waals surface area contributed by atoms with Crippen LogP contribution >= 0.6 is 11.6 Å². The normalized spacial score (nSPS) is 20.3. The number of aromatic nitrogens is 3. The van der Waals surface area contributed by atoms with Gasteiger partial charge in [-0.05, 0) is 30.0 Å². The van der Waals surface area contributed by atoms with Gasteiger partial charge in [0.15, 0.2) is 5.82 Å². The number of nitrogens with zero attached hydrogens (tertiary/aromatic N) is 2. The molecule has 0 unspecified atom stereocenters. The Morgan fingerprint density at radius 2 is 2.19 bits per heavy atom. The lowest BCUT2D eigenvalue weighted by Crippen LogP contribution is -2.27. The molecule has 2 atom stereocenters. The van der Waals surface area contributed by atoms with Gasteiger partial charge in [-0.1, -0.05) is 23.7 Å². The van der Waals surface area contributed by atoms with E-state index in [9.17, 15) is 9.59 Å². The maximum absolute atomic E-state index is 12.1. The third-order valence-corrected chi connectivity index (χ3v) is 4.07. The molecular weight excluding hydrogens is 292 g/mol. The molecule has 110 valence electrons. The number of hydrogen-bond acceptors (Lipinski definition) is 3. The summed E-state index contributed by atoms with van der Waals surface area (Å²) >= 11 is 5.85. The van der Waals surface area contributed by atoms with Crippen molar-refractivity contribution in [2.75, 3.05) is 0 Å². The Hall–Kier alpha value is -2.08. The summed E-state index contributed by atoms with van der Waals surface area (Å²) in [7, 11) is 1.61. The molecule has 1 aliphatic carbocycles. The van der Waals surface area contributed by atoms with E-state index in [4.69, 9.17) is 11.6 Å². The fourth-order valence-electron chi connectivity index (χ4n) is 2.40. The number of halogens is 1. The fourth-order valence-corrected chi connectivity index (χ4v) is 2.52. The predicted molar refractivity (Wildman–Crippen MR) is 78.0 cm³/mol. The summed E-state index contributed by atoms with van der Waals surface area (Å²) in [5.74, 6) is 0.745. The number of carbonyl (C=O) groups is 1. The minimum atomic E-state index is -0.287. The lowest BCUT2D eigenvalue weighted by molar-refractivity contribution is -0.122. The number of carbonyl (C=O) groups excluding carboxylic acids is 1. The van der Waals surface area contributed by atoms with Crippen LogP contribution in [0.15, 0.2) is 29.1 Å². The molecule has 1 fully saturated rings. The van der Waals surface area contributed by atoms with Crippen molar-refractivity contribution in [2.45, 2.75) is 18.9 Å². The van der Waals surface area contributed by atoms with Gasteiger partial charge in [0.25, 0.3) is 0 Å². The molecule has 1 amide bonds. The zero-order valence-electron chi connectivity index (χ0n) is 11.5. The Morgan fingerprint density at radius 3 is 2.81 bits per heavy atom. The Kier molecular flexibility index (Phi) is 3.55. The highest BCUT2D eigenvalue weighted by atomic mass is 35.5. The number of benzene rings is 1. The molecule has 21 heavy (non-hydrogen) atoms. The second-order valence-corrected chi connectivity index (χ2v) is 5.66. The Balaban J connectivity index is 1.57. The van der Waals surface area contributed by atoms with Crippen LogP contribution in [0.2, 0.25) is 5.02 Å². The standard InChI is InChI=1S/C14H15ClN4O2/c1-19-12(17-18-14(19)21)7-16-13(20)11-6-10(11)8-2-4-9(15)5-3-8/h2-5,10-11H,6-7H2,1H3,(H,16,20)(H,18,21)/t10-,11+/m0/s1.